The predicted molar refractivity (Wildman–Crippen MR) is 70.5 cm³/mol. The first kappa shape index (κ1) is 15.0. The number of rotatable bonds is 6. The largest absolute Gasteiger partial charge is 0.480 e. The van der Waals surface area contributed by atoms with Crippen molar-refractivity contribution >= 4 is 27.6 Å². The molecule has 18 heavy (non-hydrogen) atoms. The average Bonchev–Trinajstić information content (AvgIpc) is 2.28. The summed E-state index contributed by atoms with van der Waals surface area (Å²) >= 11 is 1.17. The Labute approximate surface area is 110 Å². The van der Waals surface area contributed by atoms with Crippen LogP contribution in [-0.4, -0.2) is 37.5 Å². The molecule has 0 amide bonds. The smallest absolute Gasteiger partial charge is 0.317 e. The van der Waals surface area contributed by atoms with Crippen LogP contribution >= 0.6 is 11.8 Å². The van der Waals surface area contributed by atoms with E-state index in [1.165, 1.54) is 23.9 Å². The summed E-state index contributed by atoms with van der Waals surface area (Å²) in [7, 11) is -3.22. The van der Waals surface area contributed by atoms with Crippen LogP contribution in [0.2, 0.25) is 0 Å². The molecule has 3 N–H and O–H groups in total. The summed E-state index contributed by atoms with van der Waals surface area (Å²) in [5.41, 5.74) is 5.35. The second-order valence-electron chi connectivity index (χ2n) is 3.77. The van der Waals surface area contributed by atoms with E-state index in [9.17, 15) is 13.2 Å². The van der Waals surface area contributed by atoms with Gasteiger partial charge in [0.1, 0.15) is 5.25 Å². The molecule has 1 unspecified atom stereocenters. The van der Waals surface area contributed by atoms with Crippen molar-refractivity contribution in [3.63, 3.8) is 0 Å². The zero-order valence-electron chi connectivity index (χ0n) is 9.87. The van der Waals surface area contributed by atoms with E-state index in [0.717, 1.165) is 6.26 Å². The van der Waals surface area contributed by atoms with E-state index in [4.69, 9.17) is 10.8 Å². The van der Waals surface area contributed by atoms with Gasteiger partial charge in [0.05, 0.1) is 4.90 Å². The Morgan fingerprint density at radius 2 is 1.94 bits per heavy atom. The van der Waals surface area contributed by atoms with E-state index in [0.29, 0.717) is 17.9 Å². The minimum atomic E-state index is -3.22. The van der Waals surface area contributed by atoms with Crippen molar-refractivity contribution in [3.8, 4) is 0 Å². The number of benzene rings is 1. The van der Waals surface area contributed by atoms with Crippen molar-refractivity contribution in [2.45, 2.75) is 21.5 Å². The van der Waals surface area contributed by atoms with Gasteiger partial charge in [0, 0.05) is 11.2 Å². The van der Waals surface area contributed by atoms with Gasteiger partial charge in [0.15, 0.2) is 9.84 Å². The minimum Gasteiger partial charge on any atom is -0.480 e. The molecule has 7 heteroatoms. The molecule has 1 aromatic carbocycles. The van der Waals surface area contributed by atoms with E-state index in [1.54, 1.807) is 12.1 Å². The van der Waals surface area contributed by atoms with Gasteiger partial charge in [-0.15, -0.1) is 11.8 Å². The summed E-state index contributed by atoms with van der Waals surface area (Å²) in [6, 6.07) is 6.15. The lowest BCUT2D eigenvalue weighted by atomic mass is 10.3. The van der Waals surface area contributed by atoms with Gasteiger partial charge in [-0.3, -0.25) is 4.79 Å². The molecule has 1 rings (SSSR count). The lowest BCUT2D eigenvalue weighted by Gasteiger charge is -2.10. The van der Waals surface area contributed by atoms with Crippen molar-refractivity contribution in [1.29, 1.82) is 0 Å². The van der Waals surface area contributed by atoms with Crippen molar-refractivity contribution in [2.75, 3.05) is 12.8 Å². The fourth-order valence-electron chi connectivity index (χ4n) is 1.31. The summed E-state index contributed by atoms with van der Waals surface area (Å²) in [5.74, 6) is -0.919. The van der Waals surface area contributed by atoms with Crippen LogP contribution in [0.3, 0.4) is 0 Å². The summed E-state index contributed by atoms with van der Waals surface area (Å²) in [5, 5.41) is 8.37. The molecule has 0 spiro atoms. The third kappa shape index (κ3) is 4.32. The van der Waals surface area contributed by atoms with E-state index in [-0.39, 0.29) is 4.90 Å². The average molecular weight is 289 g/mol. The van der Waals surface area contributed by atoms with Crippen LogP contribution in [0, 0.1) is 0 Å². The maximum atomic E-state index is 11.3. The Balaban J connectivity index is 2.83. The number of thioether (sulfide) groups is 1. The number of hydrogen-bond acceptors (Lipinski definition) is 5. The molecule has 0 fully saturated rings. The maximum Gasteiger partial charge on any atom is 0.317 e. The SMILES string of the molecule is CS(=O)(=O)c1ccc(SC(CCN)C(=O)O)cc1. The number of carbonyl (C=O) groups is 1. The highest BCUT2D eigenvalue weighted by Crippen LogP contribution is 2.26. The number of hydrogen-bond donors (Lipinski definition) is 2. The van der Waals surface area contributed by atoms with Crippen molar-refractivity contribution < 1.29 is 18.3 Å². The molecule has 1 aromatic rings. The Bertz CT molecular complexity index is 510. The normalized spacial score (nSPS) is 13.2. The zero-order valence-corrected chi connectivity index (χ0v) is 11.5. The van der Waals surface area contributed by atoms with Crippen LogP contribution in [0.25, 0.3) is 0 Å². The topological polar surface area (TPSA) is 97.5 Å². The molecule has 0 aliphatic heterocycles. The van der Waals surface area contributed by atoms with Crippen molar-refractivity contribution in [3.05, 3.63) is 24.3 Å². The molecular formula is C11H15NO4S2. The third-order valence-electron chi connectivity index (χ3n) is 2.23. The van der Waals surface area contributed by atoms with Crippen molar-refractivity contribution in [2.24, 2.45) is 5.73 Å². The van der Waals surface area contributed by atoms with Crippen LogP contribution in [0.5, 0.6) is 0 Å². The summed E-state index contributed by atoms with van der Waals surface area (Å²) in [6.07, 6.45) is 1.50. The highest BCUT2D eigenvalue weighted by atomic mass is 32.2. The quantitative estimate of drug-likeness (QED) is 0.758. The summed E-state index contributed by atoms with van der Waals surface area (Å²) < 4.78 is 22.5. The number of carboxylic acid groups (broad SMARTS) is 1. The van der Waals surface area contributed by atoms with E-state index in [1.807, 2.05) is 0 Å². The lowest BCUT2D eigenvalue weighted by molar-refractivity contribution is -0.136. The third-order valence-corrected chi connectivity index (χ3v) is 4.63. The van der Waals surface area contributed by atoms with Crippen LogP contribution in [0.4, 0.5) is 0 Å². The lowest BCUT2D eigenvalue weighted by Crippen LogP contribution is -2.20. The predicted octanol–water partition coefficient (Wildman–Crippen LogP) is 0.984. The molecule has 0 aliphatic carbocycles. The molecule has 5 nitrogen and oxygen atoms in total. The van der Waals surface area contributed by atoms with Gasteiger partial charge in [0.2, 0.25) is 0 Å². The Kier molecular flexibility index (Phi) is 5.18. The van der Waals surface area contributed by atoms with E-state index >= 15 is 0 Å². The Morgan fingerprint density at radius 1 is 1.39 bits per heavy atom. The van der Waals surface area contributed by atoms with Crippen LogP contribution in [-0.2, 0) is 14.6 Å². The number of nitrogens with two attached hydrogens (primary N) is 1. The van der Waals surface area contributed by atoms with Crippen molar-refractivity contribution in [1.82, 2.24) is 0 Å². The molecule has 0 saturated carbocycles. The first-order chi connectivity index (χ1) is 8.34. The highest BCUT2D eigenvalue weighted by Gasteiger charge is 2.18. The van der Waals surface area contributed by atoms with Gasteiger partial charge >= 0.3 is 5.97 Å². The fourth-order valence-corrected chi connectivity index (χ4v) is 2.92. The monoisotopic (exact) mass is 289 g/mol. The highest BCUT2D eigenvalue weighted by molar-refractivity contribution is 8.00. The molecular weight excluding hydrogens is 274 g/mol. The number of carboxylic acids is 1. The van der Waals surface area contributed by atoms with Gasteiger partial charge in [-0.05, 0) is 37.2 Å². The van der Waals surface area contributed by atoms with Gasteiger partial charge < -0.3 is 10.8 Å². The second kappa shape index (κ2) is 6.21. The van der Waals surface area contributed by atoms with Gasteiger partial charge in [-0.1, -0.05) is 0 Å². The molecule has 100 valence electrons. The number of aliphatic carboxylic acids is 1. The van der Waals surface area contributed by atoms with Gasteiger partial charge in [-0.2, -0.15) is 0 Å². The molecule has 1 atom stereocenters. The maximum absolute atomic E-state index is 11.3. The Hall–Kier alpha value is -1.05. The van der Waals surface area contributed by atoms with E-state index < -0.39 is 21.1 Å². The fraction of sp³-hybridized carbons (Fsp3) is 0.364. The van der Waals surface area contributed by atoms with Crippen LogP contribution in [0.1, 0.15) is 6.42 Å². The minimum absolute atomic E-state index is 0.220. The van der Waals surface area contributed by atoms with Gasteiger partial charge in [0.25, 0.3) is 0 Å². The molecule has 0 radical (unpaired) electrons. The van der Waals surface area contributed by atoms with E-state index in [2.05, 4.69) is 0 Å². The van der Waals surface area contributed by atoms with Crippen LogP contribution < -0.4 is 5.73 Å². The molecule has 0 bridgehead atoms. The number of sulfone groups is 1. The first-order valence-corrected chi connectivity index (χ1v) is 8.01. The van der Waals surface area contributed by atoms with Crippen LogP contribution in [0.15, 0.2) is 34.1 Å². The molecule has 0 aliphatic rings. The van der Waals surface area contributed by atoms with Gasteiger partial charge in [-0.25, -0.2) is 8.42 Å². The second-order valence-corrected chi connectivity index (χ2v) is 7.06. The summed E-state index contributed by atoms with van der Waals surface area (Å²) in [4.78, 5) is 11.9. The Morgan fingerprint density at radius 3 is 2.33 bits per heavy atom. The molecule has 0 heterocycles. The first-order valence-electron chi connectivity index (χ1n) is 5.24. The zero-order chi connectivity index (χ0) is 13.8. The summed E-state index contributed by atoms with van der Waals surface area (Å²) in [6.45, 7) is 0.297. The molecule has 0 aromatic heterocycles. The standard InChI is InChI=1S/C11H15NO4S2/c1-18(15,16)9-4-2-8(3-5-9)17-10(6-7-12)11(13)14/h2-5,10H,6-7,12H2,1H3,(H,13,14). The molecule has 0 saturated heterocycles.